The van der Waals surface area contributed by atoms with Crippen molar-refractivity contribution in [3.05, 3.63) is 110 Å². The van der Waals surface area contributed by atoms with Crippen LogP contribution in [-0.2, 0) is 17.8 Å². The molecule has 3 aromatic carbocycles. The van der Waals surface area contributed by atoms with E-state index in [2.05, 4.69) is 4.98 Å². The molecule has 0 atom stereocenters. The summed E-state index contributed by atoms with van der Waals surface area (Å²) in [6, 6.07) is 18.8. The molecule has 208 valence electrons. The van der Waals surface area contributed by atoms with Gasteiger partial charge in [-0.25, -0.2) is 0 Å². The first kappa shape index (κ1) is 29.1. The van der Waals surface area contributed by atoms with Crippen LogP contribution in [0, 0.1) is 10.1 Å². The van der Waals surface area contributed by atoms with Crippen LogP contribution in [0.15, 0.2) is 72.9 Å². The summed E-state index contributed by atoms with van der Waals surface area (Å²) in [6.45, 7) is 2.89. The van der Waals surface area contributed by atoms with Gasteiger partial charge in [0.05, 0.1) is 15.0 Å². The lowest BCUT2D eigenvalue weighted by atomic mass is 10.1. The second-order valence-corrected chi connectivity index (χ2v) is 10.4. The summed E-state index contributed by atoms with van der Waals surface area (Å²) >= 11 is 12.3. The molecule has 0 aliphatic heterocycles. The van der Waals surface area contributed by atoms with Crippen molar-refractivity contribution in [2.24, 2.45) is 0 Å². The molecule has 1 N–H and O–H groups in total. The fourth-order valence-corrected chi connectivity index (χ4v) is 4.86. The Bertz CT molecular complexity index is 1520. The number of benzene rings is 3. The van der Waals surface area contributed by atoms with Crippen LogP contribution >= 0.6 is 23.2 Å². The average molecular weight is 582 g/mol. The summed E-state index contributed by atoms with van der Waals surface area (Å²) in [6.07, 6.45) is 4.06. The second-order valence-electron chi connectivity index (χ2n) is 9.56. The van der Waals surface area contributed by atoms with E-state index in [1.54, 1.807) is 17.0 Å². The maximum atomic E-state index is 13.8. The third-order valence-corrected chi connectivity index (χ3v) is 7.47. The highest BCUT2D eigenvalue weighted by atomic mass is 35.5. The van der Waals surface area contributed by atoms with Gasteiger partial charge in [0.15, 0.2) is 0 Å². The van der Waals surface area contributed by atoms with Gasteiger partial charge >= 0.3 is 0 Å². The van der Waals surface area contributed by atoms with E-state index >= 15 is 0 Å². The molecule has 0 aliphatic rings. The number of non-ortho nitro benzene ring substituents is 1. The van der Waals surface area contributed by atoms with Crippen molar-refractivity contribution in [2.75, 3.05) is 19.6 Å². The number of halogens is 2. The Hall–Kier alpha value is -3.88. The van der Waals surface area contributed by atoms with Gasteiger partial charge < -0.3 is 14.8 Å². The molecule has 8 nitrogen and oxygen atoms in total. The topological polar surface area (TPSA) is 99.6 Å². The number of amides is 2. The van der Waals surface area contributed by atoms with Gasteiger partial charge in [0.25, 0.3) is 11.6 Å². The summed E-state index contributed by atoms with van der Waals surface area (Å²) in [4.78, 5) is 44.3. The average Bonchev–Trinajstić information content (AvgIpc) is 3.37. The van der Waals surface area contributed by atoms with Gasteiger partial charge in [0.2, 0.25) is 5.91 Å². The molecule has 4 rings (SSSR count). The number of nitro groups is 1. The van der Waals surface area contributed by atoms with E-state index in [1.165, 1.54) is 29.2 Å². The number of hydrogen-bond acceptors (Lipinski definition) is 4. The standard InChI is InChI=1S/C30H30Cl2N4O4/c1-2-3-14-35(30(38)22-7-6-8-24(17-22)36(39)40)20-29(37)34(19-21-11-12-26(31)27(32)16-21)15-13-23-18-33-28-10-5-4-9-25(23)28/h4-12,16-18,33H,2-3,13-15,19-20H2,1H3. The summed E-state index contributed by atoms with van der Waals surface area (Å²) in [7, 11) is 0. The number of unbranched alkanes of at least 4 members (excludes halogenated alkanes) is 1. The molecule has 2 amide bonds. The largest absolute Gasteiger partial charge is 0.361 e. The van der Waals surface area contributed by atoms with Crippen molar-refractivity contribution in [3.8, 4) is 0 Å². The zero-order valence-corrected chi connectivity index (χ0v) is 23.6. The van der Waals surface area contributed by atoms with Crippen molar-refractivity contribution in [1.29, 1.82) is 0 Å². The fourth-order valence-electron chi connectivity index (χ4n) is 4.54. The Kier molecular flexibility index (Phi) is 9.79. The first-order chi connectivity index (χ1) is 19.3. The maximum Gasteiger partial charge on any atom is 0.270 e. The second kappa shape index (κ2) is 13.5. The number of para-hydroxylation sites is 1. The highest BCUT2D eigenvalue weighted by molar-refractivity contribution is 6.42. The van der Waals surface area contributed by atoms with E-state index in [9.17, 15) is 19.7 Å². The maximum absolute atomic E-state index is 13.8. The molecule has 0 unspecified atom stereocenters. The minimum Gasteiger partial charge on any atom is -0.361 e. The quantitative estimate of drug-likeness (QED) is 0.145. The van der Waals surface area contributed by atoms with E-state index in [0.717, 1.165) is 28.5 Å². The minimum atomic E-state index is -0.540. The molecule has 0 saturated heterocycles. The molecule has 0 saturated carbocycles. The van der Waals surface area contributed by atoms with E-state index in [0.29, 0.717) is 36.0 Å². The molecule has 10 heteroatoms. The Labute approximate surface area is 242 Å². The van der Waals surface area contributed by atoms with Crippen molar-refractivity contribution < 1.29 is 14.5 Å². The van der Waals surface area contributed by atoms with Crippen molar-refractivity contribution in [1.82, 2.24) is 14.8 Å². The normalized spacial score (nSPS) is 11.0. The SMILES string of the molecule is CCCCN(CC(=O)N(CCc1c[nH]c2ccccc12)Cc1ccc(Cl)c(Cl)c1)C(=O)c1cccc([N+](=O)[O-])c1. The molecule has 0 aliphatic carbocycles. The Morgan fingerprint density at radius 2 is 1.75 bits per heavy atom. The first-order valence-electron chi connectivity index (χ1n) is 13.1. The number of fused-ring (bicyclic) bond motifs is 1. The minimum absolute atomic E-state index is 0.156. The van der Waals surface area contributed by atoms with Gasteiger partial charge in [-0.15, -0.1) is 0 Å². The highest BCUT2D eigenvalue weighted by Gasteiger charge is 2.24. The zero-order chi connectivity index (χ0) is 28.6. The number of nitrogens with zero attached hydrogens (tertiary/aromatic N) is 3. The smallest absolute Gasteiger partial charge is 0.270 e. The van der Waals surface area contributed by atoms with Gasteiger partial charge in [-0.3, -0.25) is 19.7 Å². The number of aromatic amines is 1. The van der Waals surface area contributed by atoms with Crippen molar-refractivity contribution in [3.63, 3.8) is 0 Å². The van der Waals surface area contributed by atoms with Crippen LogP contribution < -0.4 is 0 Å². The summed E-state index contributed by atoms with van der Waals surface area (Å²) < 4.78 is 0. The van der Waals surface area contributed by atoms with Crippen LogP contribution in [0.5, 0.6) is 0 Å². The van der Waals surface area contributed by atoms with Crippen molar-refractivity contribution >= 4 is 51.6 Å². The lowest BCUT2D eigenvalue weighted by Gasteiger charge is -2.28. The molecular weight excluding hydrogens is 551 g/mol. The highest BCUT2D eigenvalue weighted by Crippen LogP contribution is 2.24. The molecule has 0 bridgehead atoms. The van der Waals surface area contributed by atoms with Crippen LogP contribution in [-0.4, -0.2) is 51.2 Å². The molecule has 4 aromatic rings. The van der Waals surface area contributed by atoms with Gasteiger partial charge in [0.1, 0.15) is 6.54 Å². The molecular formula is C30H30Cl2N4O4. The van der Waals surface area contributed by atoms with Crippen molar-refractivity contribution in [2.45, 2.75) is 32.7 Å². The number of nitro benzene ring substituents is 1. The van der Waals surface area contributed by atoms with Crippen LogP contribution in [0.25, 0.3) is 10.9 Å². The molecule has 1 aromatic heterocycles. The number of carbonyl (C=O) groups is 2. The van der Waals surface area contributed by atoms with E-state index in [4.69, 9.17) is 23.2 Å². The number of carbonyl (C=O) groups excluding carboxylic acids is 2. The van der Waals surface area contributed by atoms with Crippen LogP contribution in [0.4, 0.5) is 5.69 Å². The third kappa shape index (κ3) is 7.20. The van der Waals surface area contributed by atoms with Crippen LogP contribution in [0.1, 0.15) is 41.3 Å². The predicted molar refractivity (Wildman–Crippen MR) is 158 cm³/mol. The van der Waals surface area contributed by atoms with E-state index < -0.39 is 10.8 Å². The fraction of sp³-hybridized carbons (Fsp3) is 0.267. The molecule has 0 spiro atoms. The predicted octanol–water partition coefficient (Wildman–Crippen LogP) is 6.90. The lowest BCUT2D eigenvalue weighted by Crippen LogP contribution is -2.43. The summed E-state index contributed by atoms with van der Waals surface area (Å²) in [5, 5.41) is 13.2. The van der Waals surface area contributed by atoms with Gasteiger partial charge in [-0.05, 0) is 48.2 Å². The molecule has 1 heterocycles. The Morgan fingerprint density at radius 3 is 2.50 bits per heavy atom. The number of aromatic nitrogens is 1. The number of hydrogen-bond donors (Lipinski definition) is 1. The first-order valence-corrected chi connectivity index (χ1v) is 13.8. The Balaban J connectivity index is 1.57. The van der Waals surface area contributed by atoms with E-state index in [1.807, 2.05) is 43.5 Å². The number of nitrogens with one attached hydrogen (secondary N) is 1. The Morgan fingerprint density at radius 1 is 0.950 bits per heavy atom. The number of H-pyrrole nitrogens is 1. The zero-order valence-electron chi connectivity index (χ0n) is 22.1. The monoisotopic (exact) mass is 580 g/mol. The number of rotatable bonds is 12. The van der Waals surface area contributed by atoms with Gasteiger partial charge in [0, 0.05) is 54.4 Å². The summed E-state index contributed by atoms with van der Waals surface area (Å²) in [5.41, 5.74) is 2.92. The molecule has 0 fully saturated rings. The van der Waals surface area contributed by atoms with Gasteiger partial charge in [-0.2, -0.15) is 0 Å². The summed E-state index contributed by atoms with van der Waals surface area (Å²) in [5.74, 6) is -0.655. The lowest BCUT2D eigenvalue weighted by molar-refractivity contribution is -0.384. The third-order valence-electron chi connectivity index (χ3n) is 6.73. The van der Waals surface area contributed by atoms with Crippen LogP contribution in [0.3, 0.4) is 0 Å². The molecule has 0 radical (unpaired) electrons. The molecule has 40 heavy (non-hydrogen) atoms. The van der Waals surface area contributed by atoms with Gasteiger partial charge in [-0.1, -0.05) is 66.9 Å². The van der Waals surface area contributed by atoms with E-state index in [-0.39, 0.29) is 30.2 Å². The van der Waals surface area contributed by atoms with Crippen LogP contribution in [0.2, 0.25) is 10.0 Å².